The largest absolute Gasteiger partial charge is 0.416 e. The van der Waals surface area contributed by atoms with E-state index >= 15 is 0 Å². The van der Waals surface area contributed by atoms with E-state index in [2.05, 4.69) is 10.1 Å². The van der Waals surface area contributed by atoms with Crippen molar-refractivity contribution >= 4 is 41.2 Å². The Morgan fingerprint density at radius 1 is 1.21 bits per heavy atom. The molecule has 0 aliphatic carbocycles. The third-order valence-electron chi connectivity index (χ3n) is 3.32. The maximum Gasteiger partial charge on any atom is 0.416 e. The molecule has 0 spiro atoms. The average Bonchev–Trinajstić information content (AvgIpc) is 2.95. The molecule has 0 radical (unpaired) electrons. The molecule has 2 aromatic rings. The van der Waals surface area contributed by atoms with Gasteiger partial charge >= 0.3 is 12.3 Å². The van der Waals surface area contributed by atoms with Crippen molar-refractivity contribution in [1.82, 2.24) is 14.7 Å². The zero-order chi connectivity index (χ0) is 22.1. The molecule has 0 aliphatic rings. The minimum absolute atomic E-state index is 0.401. The SMILES string of the molecule is CN(C)C=Nc1c(C(F)=C(F)F)c(C#N)nn1-c1c(Cl)cc(C(F)(F)F)cc1Cl. The van der Waals surface area contributed by atoms with E-state index < -0.39 is 56.5 Å². The highest BCUT2D eigenvalue weighted by Gasteiger charge is 2.33. The van der Waals surface area contributed by atoms with E-state index in [0.29, 0.717) is 16.8 Å². The average molecular weight is 456 g/mol. The van der Waals surface area contributed by atoms with Gasteiger partial charge in [-0.15, -0.1) is 0 Å². The van der Waals surface area contributed by atoms with Crippen LogP contribution in [0.3, 0.4) is 0 Å². The van der Waals surface area contributed by atoms with Crippen LogP contribution in [0.2, 0.25) is 10.0 Å². The van der Waals surface area contributed by atoms with Gasteiger partial charge in [0.1, 0.15) is 11.8 Å². The van der Waals surface area contributed by atoms with Gasteiger partial charge < -0.3 is 4.90 Å². The van der Waals surface area contributed by atoms with E-state index in [1.165, 1.54) is 25.1 Å². The van der Waals surface area contributed by atoms with Crippen molar-refractivity contribution in [3.05, 3.63) is 45.1 Å². The summed E-state index contributed by atoms with van der Waals surface area (Å²) in [5, 5.41) is 11.7. The summed E-state index contributed by atoms with van der Waals surface area (Å²) in [6.45, 7) is 0. The lowest BCUT2D eigenvalue weighted by Gasteiger charge is -2.13. The number of benzene rings is 1. The number of aromatic nitrogens is 2. The van der Waals surface area contributed by atoms with E-state index in [0.717, 1.165) is 6.34 Å². The van der Waals surface area contributed by atoms with Gasteiger partial charge in [-0.05, 0) is 12.1 Å². The van der Waals surface area contributed by atoms with Crippen molar-refractivity contribution in [3.8, 4) is 11.8 Å². The molecule has 0 fully saturated rings. The number of nitrogens with zero attached hydrogens (tertiary/aromatic N) is 5. The standard InChI is InChI=1S/C16H9Cl2F6N5/c1-28(2)6-26-15-11(12(19)14(20)21)10(5-25)27-29(15)13-8(17)3-7(4-9(13)18)16(22,23)24/h3-4,6H,1-2H3. The van der Waals surface area contributed by atoms with E-state index in [1.54, 1.807) is 0 Å². The van der Waals surface area contributed by atoms with Gasteiger partial charge in [-0.2, -0.15) is 32.3 Å². The third kappa shape index (κ3) is 4.65. The minimum Gasteiger partial charge on any atom is -0.369 e. The second-order valence-corrected chi connectivity index (χ2v) is 6.45. The zero-order valence-electron chi connectivity index (χ0n) is 14.5. The first-order valence-corrected chi connectivity index (χ1v) is 8.15. The maximum absolute atomic E-state index is 14.1. The first-order chi connectivity index (χ1) is 13.4. The van der Waals surface area contributed by atoms with Gasteiger partial charge in [0.15, 0.2) is 11.5 Å². The number of aliphatic imine (C=N–C) groups is 1. The van der Waals surface area contributed by atoms with Crippen molar-refractivity contribution < 1.29 is 26.3 Å². The molecule has 29 heavy (non-hydrogen) atoms. The topological polar surface area (TPSA) is 57.2 Å². The number of hydrogen-bond donors (Lipinski definition) is 0. The molecule has 1 heterocycles. The van der Waals surface area contributed by atoms with Crippen LogP contribution in [0.1, 0.15) is 16.8 Å². The summed E-state index contributed by atoms with van der Waals surface area (Å²) in [7, 11) is 3.02. The van der Waals surface area contributed by atoms with E-state index in [1.807, 2.05) is 0 Å². The van der Waals surface area contributed by atoms with E-state index in [-0.39, 0.29) is 0 Å². The summed E-state index contributed by atoms with van der Waals surface area (Å²) in [5.74, 6) is -2.69. The van der Waals surface area contributed by atoms with Gasteiger partial charge in [0, 0.05) is 14.1 Å². The summed E-state index contributed by atoms with van der Waals surface area (Å²) in [5.41, 5.74) is -3.34. The van der Waals surface area contributed by atoms with Crippen LogP contribution >= 0.6 is 23.2 Å². The van der Waals surface area contributed by atoms with E-state index in [9.17, 15) is 26.3 Å². The quantitative estimate of drug-likeness (QED) is 0.331. The van der Waals surface area contributed by atoms with Crippen molar-refractivity contribution in [1.29, 1.82) is 5.26 Å². The molecule has 5 nitrogen and oxygen atoms in total. The normalized spacial score (nSPS) is 11.6. The van der Waals surface area contributed by atoms with E-state index in [4.69, 9.17) is 28.5 Å². The Hall–Kier alpha value is -2.71. The Bertz CT molecular complexity index is 1020. The smallest absolute Gasteiger partial charge is 0.369 e. The summed E-state index contributed by atoms with van der Waals surface area (Å²) >= 11 is 11.8. The first-order valence-electron chi connectivity index (χ1n) is 7.40. The van der Waals surface area contributed by atoms with Crippen LogP contribution < -0.4 is 0 Å². The van der Waals surface area contributed by atoms with Crippen LogP contribution in [-0.2, 0) is 6.18 Å². The summed E-state index contributed by atoms with van der Waals surface area (Å²) in [4.78, 5) is 5.17. The molecule has 0 atom stereocenters. The lowest BCUT2D eigenvalue weighted by Crippen LogP contribution is -2.09. The second kappa shape index (κ2) is 8.34. The van der Waals surface area contributed by atoms with Crippen LogP contribution in [0.15, 0.2) is 23.2 Å². The summed E-state index contributed by atoms with van der Waals surface area (Å²) in [6.07, 6.45) is -6.43. The molecule has 2 rings (SSSR count). The number of rotatable bonds is 4. The van der Waals surface area contributed by atoms with Crippen molar-refractivity contribution in [2.75, 3.05) is 14.1 Å². The van der Waals surface area contributed by atoms with Crippen LogP contribution in [0.25, 0.3) is 11.5 Å². The Morgan fingerprint density at radius 3 is 2.17 bits per heavy atom. The molecule has 0 amide bonds. The molecule has 1 aromatic heterocycles. The molecule has 13 heteroatoms. The predicted molar refractivity (Wildman–Crippen MR) is 95.4 cm³/mol. The Balaban J connectivity index is 2.91. The van der Waals surface area contributed by atoms with Gasteiger partial charge in [0.2, 0.25) is 5.83 Å². The molecule has 0 saturated carbocycles. The first kappa shape index (κ1) is 22.6. The van der Waals surface area contributed by atoms with Crippen LogP contribution in [0, 0.1) is 11.3 Å². The van der Waals surface area contributed by atoms with Crippen LogP contribution in [0.5, 0.6) is 0 Å². The van der Waals surface area contributed by atoms with Crippen LogP contribution in [-0.4, -0.2) is 35.1 Å². The Kier molecular flexibility index (Phi) is 6.50. The number of hydrogen-bond acceptors (Lipinski definition) is 3. The van der Waals surface area contributed by atoms with Crippen LogP contribution in [0.4, 0.5) is 32.2 Å². The molecule has 1 aromatic carbocycles. The zero-order valence-corrected chi connectivity index (χ0v) is 16.0. The van der Waals surface area contributed by atoms with Crippen molar-refractivity contribution in [2.24, 2.45) is 4.99 Å². The fraction of sp³-hybridized carbons (Fsp3) is 0.188. The van der Waals surface area contributed by atoms with Gasteiger partial charge in [-0.1, -0.05) is 23.2 Å². The van der Waals surface area contributed by atoms with Gasteiger partial charge in [0.05, 0.1) is 27.5 Å². The Morgan fingerprint density at radius 2 is 1.76 bits per heavy atom. The molecule has 0 N–H and O–H groups in total. The molecule has 0 bridgehead atoms. The molecular weight excluding hydrogens is 447 g/mol. The second-order valence-electron chi connectivity index (χ2n) is 5.64. The fourth-order valence-corrected chi connectivity index (χ4v) is 2.81. The minimum atomic E-state index is -4.77. The third-order valence-corrected chi connectivity index (χ3v) is 3.90. The van der Waals surface area contributed by atoms with Gasteiger partial charge in [-0.25, -0.2) is 14.1 Å². The van der Waals surface area contributed by atoms with Gasteiger partial charge in [0.25, 0.3) is 0 Å². The molecule has 0 unspecified atom stereocenters. The monoisotopic (exact) mass is 455 g/mol. The number of halogens is 8. The highest BCUT2D eigenvalue weighted by molar-refractivity contribution is 6.38. The highest BCUT2D eigenvalue weighted by atomic mass is 35.5. The lowest BCUT2D eigenvalue weighted by atomic mass is 10.2. The highest BCUT2D eigenvalue weighted by Crippen LogP contribution is 2.41. The lowest BCUT2D eigenvalue weighted by molar-refractivity contribution is -0.137. The van der Waals surface area contributed by atoms with Gasteiger partial charge in [-0.3, -0.25) is 0 Å². The number of nitriles is 1. The Labute approximate surface area is 170 Å². The fourth-order valence-electron chi connectivity index (χ4n) is 2.16. The predicted octanol–water partition coefficient (Wildman–Crippen LogP) is 5.83. The number of alkyl halides is 3. The van der Waals surface area contributed by atoms with Crippen molar-refractivity contribution in [3.63, 3.8) is 0 Å². The summed E-state index contributed by atoms with van der Waals surface area (Å²) < 4.78 is 79.3. The molecule has 0 aliphatic heterocycles. The molecule has 154 valence electrons. The maximum atomic E-state index is 14.1. The molecular formula is C16H9Cl2F6N5. The van der Waals surface area contributed by atoms with Crippen molar-refractivity contribution in [2.45, 2.75) is 6.18 Å². The molecule has 0 saturated heterocycles. The summed E-state index contributed by atoms with van der Waals surface area (Å²) in [6, 6.07) is 2.48.